The average Bonchev–Trinajstić information content (AvgIpc) is 2.49. The number of nitrogen functional groups attached to an aromatic ring is 1. The van der Waals surface area contributed by atoms with Crippen LogP contribution in [-0.4, -0.2) is 29.8 Å². The molecule has 1 rings (SSSR count). The third kappa shape index (κ3) is 4.73. The van der Waals surface area contributed by atoms with Crippen molar-refractivity contribution in [3.8, 4) is 0 Å². The molecule has 0 atom stereocenters. The van der Waals surface area contributed by atoms with Crippen molar-refractivity contribution >= 4 is 23.2 Å². The highest BCUT2D eigenvalue weighted by Gasteiger charge is 2.16. The van der Waals surface area contributed by atoms with E-state index in [1.807, 2.05) is 6.92 Å². The summed E-state index contributed by atoms with van der Waals surface area (Å²) in [5.74, 6) is 4.36. The zero-order chi connectivity index (χ0) is 15.8. The Bertz CT molecular complexity index is 546. The minimum Gasteiger partial charge on any atom is -0.355 e. The number of hydrogen-bond acceptors (Lipinski definition) is 6. The van der Waals surface area contributed by atoms with Crippen molar-refractivity contribution in [2.45, 2.75) is 13.3 Å². The summed E-state index contributed by atoms with van der Waals surface area (Å²) in [7, 11) is 0. The van der Waals surface area contributed by atoms with Gasteiger partial charge in [0.15, 0.2) is 0 Å². The highest BCUT2D eigenvalue weighted by Crippen LogP contribution is 2.24. The minimum absolute atomic E-state index is 0.0167. The van der Waals surface area contributed by atoms with Crippen LogP contribution < -0.4 is 21.9 Å². The summed E-state index contributed by atoms with van der Waals surface area (Å²) in [6.45, 7) is 2.28. The van der Waals surface area contributed by atoms with E-state index in [-0.39, 0.29) is 29.4 Å². The number of nitrogens with zero attached hydrogens (tertiary/aromatic N) is 1. The lowest BCUT2D eigenvalue weighted by Gasteiger charge is -2.07. The number of nitrogens with two attached hydrogens (primary N) is 1. The van der Waals surface area contributed by atoms with Crippen molar-refractivity contribution in [3.63, 3.8) is 0 Å². The van der Waals surface area contributed by atoms with Crippen LogP contribution in [0.25, 0.3) is 0 Å². The fraction of sp³-hybridized carbons (Fsp3) is 0.333. The van der Waals surface area contributed by atoms with Gasteiger partial charge in [-0.05, 0) is 18.6 Å². The standard InChI is InChI=1S/C12H17N5O4/c1-2-5-14-11(18)7-15-12(19)8-3-4-10(17(20)21)9(6-8)16-13/h3-4,6,16H,2,5,7,13H2,1H3,(H,14,18)(H,15,19). The Hall–Kier alpha value is -2.68. The highest BCUT2D eigenvalue weighted by molar-refractivity contribution is 5.97. The van der Waals surface area contributed by atoms with Crippen molar-refractivity contribution in [1.82, 2.24) is 10.6 Å². The molecule has 0 aliphatic rings. The van der Waals surface area contributed by atoms with Crippen LogP contribution in [0.15, 0.2) is 18.2 Å². The maximum absolute atomic E-state index is 11.8. The molecule has 0 saturated carbocycles. The van der Waals surface area contributed by atoms with E-state index in [9.17, 15) is 19.7 Å². The molecule has 0 radical (unpaired) electrons. The summed E-state index contributed by atoms with van der Waals surface area (Å²) in [6.07, 6.45) is 0.799. The van der Waals surface area contributed by atoms with E-state index in [4.69, 9.17) is 5.84 Å². The van der Waals surface area contributed by atoms with Gasteiger partial charge >= 0.3 is 0 Å². The number of nitro groups is 1. The van der Waals surface area contributed by atoms with Crippen LogP contribution in [-0.2, 0) is 4.79 Å². The molecule has 9 nitrogen and oxygen atoms in total. The Morgan fingerprint density at radius 1 is 1.33 bits per heavy atom. The molecule has 0 aromatic heterocycles. The number of nitro benzene ring substituents is 1. The molecule has 0 bridgehead atoms. The molecule has 0 spiro atoms. The van der Waals surface area contributed by atoms with Gasteiger partial charge in [-0.1, -0.05) is 6.92 Å². The number of carbonyl (C=O) groups excluding carboxylic acids is 2. The van der Waals surface area contributed by atoms with Crippen LogP contribution in [0.5, 0.6) is 0 Å². The van der Waals surface area contributed by atoms with Gasteiger partial charge in [-0.15, -0.1) is 0 Å². The molecule has 1 aromatic rings. The second kappa shape index (κ2) is 7.80. The molecule has 1 aromatic carbocycles. The van der Waals surface area contributed by atoms with Gasteiger partial charge in [0.2, 0.25) is 5.91 Å². The van der Waals surface area contributed by atoms with E-state index in [2.05, 4.69) is 16.1 Å². The summed E-state index contributed by atoms with van der Waals surface area (Å²) >= 11 is 0. The summed E-state index contributed by atoms with van der Waals surface area (Å²) < 4.78 is 0. The molecule has 114 valence electrons. The number of benzene rings is 1. The van der Waals surface area contributed by atoms with Gasteiger partial charge in [-0.2, -0.15) is 0 Å². The molecule has 5 N–H and O–H groups in total. The summed E-state index contributed by atoms with van der Waals surface area (Å²) in [6, 6.07) is 3.71. The average molecular weight is 295 g/mol. The number of rotatable bonds is 7. The van der Waals surface area contributed by atoms with Gasteiger partial charge in [0.1, 0.15) is 5.69 Å². The van der Waals surface area contributed by atoms with Gasteiger partial charge in [-0.25, -0.2) is 0 Å². The predicted octanol–water partition coefficient (Wildman–Crippen LogP) is 0.136. The lowest BCUT2D eigenvalue weighted by molar-refractivity contribution is -0.384. The van der Waals surface area contributed by atoms with Gasteiger partial charge in [0, 0.05) is 18.2 Å². The van der Waals surface area contributed by atoms with E-state index in [1.54, 1.807) is 0 Å². The number of carbonyl (C=O) groups is 2. The van der Waals surface area contributed by atoms with Gasteiger partial charge < -0.3 is 16.1 Å². The Morgan fingerprint density at radius 3 is 2.62 bits per heavy atom. The largest absolute Gasteiger partial charge is 0.355 e. The first kappa shape index (κ1) is 16.4. The second-order valence-electron chi connectivity index (χ2n) is 4.17. The van der Waals surface area contributed by atoms with Crippen molar-refractivity contribution in [2.75, 3.05) is 18.5 Å². The topological polar surface area (TPSA) is 139 Å². The molecule has 9 heteroatoms. The van der Waals surface area contributed by atoms with Crippen LogP contribution in [0.3, 0.4) is 0 Å². The predicted molar refractivity (Wildman–Crippen MR) is 76.5 cm³/mol. The molecule has 0 fully saturated rings. The Labute approximate surface area is 121 Å². The Balaban J connectivity index is 2.70. The maximum atomic E-state index is 11.8. The van der Waals surface area contributed by atoms with Gasteiger partial charge in [-0.3, -0.25) is 25.5 Å². The van der Waals surface area contributed by atoms with Crippen molar-refractivity contribution in [1.29, 1.82) is 0 Å². The molecule has 21 heavy (non-hydrogen) atoms. The quantitative estimate of drug-likeness (QED) is 0.320. The van der Waals surface area contributed by atoms with Crippen LogP contribution in [0, 0.1) is 10.1 Å². The molecule has 2 amide bonds. The first-order valence-electron chi connectivity index (χ1n) is 6.29. The fourth-order valence-corrected chi connectivity index (χ4v) is 1.54. The number of amides is 2. The molecule has 0 aliphatic carbocycles. The molecule has 0 saturated heterocycles. The lowest BCUT2D eigenvalue weighted by atomic mass is 10.1. The van der Waals surface area contributed by atoms with Crippen molar-refractivity contribution in [3.05, 3.63) is 33.9 Å². The van der Waals surface area contributed by atoms with E-state index in [0.717, 1.165) is 6.42 Å². The number of hydrazine groups is 1. The van der Waals surface area contributed by atoms with E-state index < -0.39 is 10.8 Å². The molecule has 0 aliphatic heterocycles. The normalized spacial score (nSPS) is 9.81. The first-order valence-corrected chi connectivity index (χ1v) is 6.29. The number of nitrogens with one attached hydrogen (secondary N) is 3. The van der Waals surface area contributed by atoms with E-state index in [0.29, 0.717) is 6.54 Å². The first-order chi connectivity index (χ1) is 9.99. The Kier molecular flexibility index (Phi) is 6.08. The van der Waals surface area contributed by atoms with Crippen LogP contribution >= 0.6 is 0 Å². The van der Waals surface area contributed by atoms with Crippen molar-refractivity contribution in [2.24, 2.45) is 5.84 Å². The zero-order valence-corrected chi connectivity index (χ0v) is 11.5. The Morgan fingerprint density at radius 2 is 2.05 bits per heavy atom. The second-order valence-corrected chi connectivity index (χ2v) is 4.17. The highest BCUT2D eigenvalue weighted by atomic mass is 16.6. The third-order valence-corrected chi connectivity index (χ3v) is 2.59. The zero-order valence-electron chi connectivity index (χ0n) is 11.5. The van der Waals surface area contributed by atoms with E-state index >= 15 is 0 Å². The smallest absolute Gasteiger partial charge is 0.293 e. The lowest BCUT2D eigenvalue weighted by Crippen LogP contribution is -2.37. The van der Waals surface area contributed by atoms with Gasteiger partial charge in [0.05, 0.1) is 11.5 Å². The summed E-state index contributed by atoms with van der Waals surface area (Å²) in [4.78, 5) is 33.3. The van der Waals surface area contributed by atoms with Crippen molar-refractivity contribution < 1.29 is 14.5 Å². The number of anilines is 1. The van der Waals surface area contributed by atoms with Crippen LogP contribution in [0.1, 0.15) is 23.7 Å². The fourth-order valence-electron chi connectivity index (χ4n) is 1.54. The molecular formula is C12H17N5O4. The maximum Gasteiger partial charge on any atom is 0.293 e. The number of hydrogen-bond donors (Lipinski definition) is 4. The molecular weight excluding hydrogens is 278 g/mol. The summed E-state index contributed by atoms with van der Waals surface area (Å²) in [5, 5.41) is 15.8. The SMILES string of the molecule is CCCNC(=O)CNC(=O)c1ccc([N+](=O)[O-])c(NN)c1. The third-order valence-electron chi connectivity index (χ3n) is 2.59. The van der Waals surface area contributed by atoms with Gasteiger partial charge in [0.25, 0.3) is 11.6 Å². The molecule has 0 unspecified atom stereocenters. The molecule has 0 heterocycles. The summed E-state index contributed by atoms with van der Waals surface area (Å²) in [5.41, 5.74) is 2.10. The van der Waals surface area contributed by atoms with Crippen LogP contribution in [0.2, 0.25) is 0 Å². The van der Waals surface area contributed by atoms with E-state index in [1.165, 1.54) is 18.2 Å². The minimum atomic E-state index is -0.616. The monoisotopic (exact) mass is 295 g/mol. The van der Waals surface area contributed by atoms with Crippen LogP contribution in [0.4, 0.5) is 11.4 Å².